The highest BCUT2D eigenvalue weighted by Gasteiger charge is 2.17. The molecule has 2 aromatic carbocycles. The van der Waals surface area contributed by atoms with E-state index >= 15 is 0 Å². The Morgan fingerprint density at radius 1 is 1.10 bits per heavy atom. The lowest BCUT2D eigenvalue weighted by Crippen LogP contribution is -2.27. The lowest BCUT2D eigenvalue weighted by Gasteiger charge is -2.17. The summed E-state index contributed by atoms with van der Waals surface area (Å²) in [6, 6.07) is 20.1. The van der Waals surface area contributed by atoms with Gasteiger partial charge in [0.15, 0.2) is 0 Å². The molecule has 4 rings (SSSR count). The fraction of sp³-hybridized carbons (Fsp3) is 0.130. The smallest absolute Gasteiger partial charge is 0.227 e. The molecule has 0 saturated heterocycles. The molecule has 4 nitrogen and oxygen atoms in total. The molecule has 0 fully saturated rings. The highest BCUT2D eigenvalue weighted by Crippen LogP contribution is 2.28. The minimum atomic E-state index is -0.331. The van der Waals surface area contributed by atoms with Crippen molar-refractivity contribution in [2.75, 3.05) is 7.05 Å². The molecule has 0 N–H and O–H groups in total. The molecule has 2 heterocycles. The number of aromatic nitrogens is 2. The minimum Gasteiger partial charge on any atom is -0.341 e. The normalized spacial score (nSPS) is 10.8. The molecule has 0 aliphatic heterocycles. The van der Waals surface area contributed by atoms with Crippen molar-refractivity contribution < 1.29 is 9.18 Å². The zero-order valence-electron chi connectivity index (χ0n) is 16.0. The zero-order chi connectivity index (χ0) is 20.2. The van der Waals surface area contributed by atoms with E-state index in [1.807, 2.05) is 58.7 Å². The van der Waals surface area contributed by atoms with Gasteiger partial charge in [-0.05, 0) is 41.3 Å². The van der Waals surface area contributed by atoms with Gasteiger partial charge in [-0.2, -0.15) is 5.10 Å². The summed E-state index contributed by atoms with van der Waals surface area (Å²) in [5.41, 5.74) is 3.46. The predicted molar refractivity (Wildman–Crippen MR) is 113 cm³/mol. The second kappa shape index (κ2) is 8.41. The van der Waals surface area contributed by atoms with Gasteiger partial charge in [0, 0.05) is 25.4 Å². The fourth-order valence-electron chi connectivity index (χ4n) is 3.16. The van der Waals surface area contributed by atoms with E-state index in [0.29, 0.717) is 12.1 Å². The van der Waals surface area contributed by atoms with Crippen molar-refractivity contribution >= 4 is 17.2 Å². The largest absolute Gasteiger partial charge is 0.341 e. The van der Waals surface area contributed by atoms with Crippen molar-refractivity contribution in [3.63, 3.8) is 0 Å². The molecule has 0 unspecified atom stereocenters. The maximum Gasteiger partial charge on any atom is 0.227 e. The topological polar surface area (TPSA) is 38.1 Å². The van der Waals surface area contributed by atoms with Crippen LogP contribution in [0.1, 0.15) is 11.1 Å². The molecule has 4 aromatic rings. The maximum absolute atomic E-state index is 13.4. The van der Waals surface area contributed by atoms with Crippen molar-refractivity contribution in [3.8, 4) is 16.3 Å². The molecule has 0 aliphatic carbocycles. The molecular weight excluding hydrogens is 385 g/mol. The summed E-state index contributed by atoms with van der Waals surface area (Å²) in [5, 5.41) is 6.78. The second-order valence-corrected chi connectivity index (χ2v) is 7.76. The van der Waals surface area contributed by atoms with E-state index in [4.69, 9.17) is 5.10 Å². The Kier molecular flexibility index (Phi) is 5.53. The van der Waals surface area contributed by atoms with E-state index in [0.717, 1.165) is 21.8 Å². The van der Waals surface area contributed by atoms with E-state index in [9.17, 15) is 9.18 Å². The number of nitrogens with zero attached hydrogens (tertiary/aromatic N) is 3. The third kappa shape index (κ3) is 4.43. The van der Waals surface area contributed by atoms with Gasteiger partial charge < -0.3 is 4.90 Å². The average Bonchev–Trinajstić information content (AvgIpc) is 3.38. The lowest BCUT2D eigenvalue weighted by molar-refractivity contribution is -0.129. The number of likely N-dealkylation sites (N-methyl/N-ethyl adjacent to an activating group) is 1. The van der Waals surface area contributed by atoms with Gasteiger partial charge in [-0.15, -0.1) is 11.3 Å². The van der Waals surface area contributed by atoms with E-state index in [-0.39, 0.29) is 18.1 Å². The quantitative estimate of drug-likeness (QED) is 0.456. The number of hydrogen-bond donors (Lipinski definition) is 0. The van der Waals surface area contributed by atoms with Crippen LogP contribution >= 0.6 is 11.3 Å². The van der Waals surface area contributed by atoms with Crippen LogP contribution in [0.4, 0.5) is 4.39 Å². The van der Waals surface area contributed by atoms with Gasteiger partial charge >= 0.3 is 0 Å². The monoisotopic (exact) mass is 405 g/mol. The summed E-state index contributed by atoms with van der Waals surface area (Å²) in [6.07, 6.45) is 2.13. The number of carbonyl (C=O) groups excluding carboxylic acids is 1. The van der Waals surface area contributed by atoms with Crippen LogP contribution < -0.4 is 0 Å². The van der Waals surface area contributed by atoms with Crippen LogP contribution in [0.15, 0.2) is 78.3 Å². The van der Waals surface area contributed by atoms with Crippen LogP contribution in [-0.4, -0.2) is 27.6 Å². The van der Waals surface area contributed by atoms with Gasteiger partial charge in [-0.3, -0.25) is 4.79 Å². The molecule has 0 aliphatic rings. The molecule has 1 amide bonds. The molecular formula is C23H20FN3OS. The minimum absolute atomic E-state index is 0.0693. The molecule has 0 bridgehead atoms. The van der Waals surface area contributed by atoms with Gasteiger partial charge in [-0.25, -0.2) is 9.07 Å². The zero-order valence-corrected chi connectivity index (χ0v) is 16.8. The number of rotatable bonds is 6. The Morgan fingerprint density at radius 3 is 2.66 bits per heavy atom. The summed E-state index contributed by atoms with van der Waals surface area (Å²) in [7, 11) is 1.76. The van der Waals surface area contributed by atoms with Gasteiger partial charge in [0.2, 0.25) is 5.91 Å². The summed E-state index contributed by atoms with van der Waals surface area (Å²) < 4.78 is 15.2. The first-order valence-corrected chi connectivity index (χ1v) is 10.1. The SMILES string of the molecule is CN(Cc1cn(-c2ccccc2)nc1-c1cccs1)C(=O)Cc1cccc(F)c1. The van der Waals surface area contributed by atoms with E-state index in [1.54, 1.807) is 35.4 Å². The van der Waals surface area contributed by atoms with Gasteiger partial charge in [-0.1, -0.05) is 36.4 Å². The van der Waals surface area contributed by atoms with Crippen molar-refractivity contribution in [1.82, 2.24) is 14.7 Å². The molecule has 0 saturated carbocycles. The number of hydrogen-bond acceptors (Lipinski definition) is 3. The first-order valence-electron chi connectivity index (χ1n) is 9.26. The Labute approximate surface area is 172 Å². The summed E-state index contributed by atoms with van der Waals surface area (Å²) >= 11 is 1.62. The van der Waals surface area contributed by atoms with Gasteiger partial charge in [0.1, 0.15) is 11.5 Å². The number of amides is 1. The number of para-hydroxylation sites is 1. The fourth-order valence-corrected chi connectivity index (χ4v) is 3.90. The Morgan fingerprint density at radius 2 is 1.93 bits per heavy atom. The van der Waals surface area contributed by atoms with E-state index < -0.39 is 0 Å². The molecule has 29 heavy (non-hydrogen) atoms. The van der Waals surface area contributed by atoms with E-state index in [2.05, 4.69) is 0 Å². The standard InChI is InChI=1S/C23H20FN3OS/c1-26(22(28)14-17-7-5-8-19(24)13-17)15-18-16-27(20-9-3-2-4-10-20)25-23(18)21-11-6-12-29-21/h2-13,16H,14-15H2,1H3. The Bertz CT molecular complexity index is 1110. The molecule has 0 atom stereocenters. The van der Waals surface area contributed by atoms with Crippen LogP contribution in [0.2, 0.25) is 0 Å². The van der Waals surface area contributed by atoms with Gasteiger partial charge in [0.25, 0.3) is 0 Å². The molecule has 6 heteroatoms. The third-order valence-corrected chi connectivity index (χ3v) is 5.52. The van der Waals surface area contributed by atoms with Crippen LogP contribution in [0, 0.1) is 5.82 Å². The van der Waals surface area contributed by atoms with Crippen molar-refractivity contribution in [3.05, 3.63) is 95.3 Å². The molecule has 0 radical (unpaired) electrons. The molecule has 0 spiro atoms. The molecule has 2 aromatic heterocycles. The number of halogens is 1. The summed E-state index contributed by atoms with van der Waals surface area (Å²) in [5.74, 6) is -0.401. The lowest BCUT2D eigenvalue weighted by atomic mass is 10.1. The average molecular weight is 405 g/mol. The van der Waals surface area contributed by atoms with Crippen molar-refractivity contribution in [2.24, 2.45) is 0 Å². The van der Waals surface area contributed by atoms with Crippen LogP contribution in [0.3, 0.4) is 0 Å². The first kappa shape index (κ1) is 19.1. The van der Waals surface area contributed by atoms with Crippen molar-refractivity contribution in [2.45, 2.75) is 13.0 Å². The number of carbonyl (C=O) groups is 1. The Balaban J connectivity index is 1.58. The summed E-state index contributed by atoms with van der Waals surface area (Å²) in [6.45, 7) is 0.425. The molecule has 146 valence electrons. The highest BCUT2D eigenvalue weighted by molar-refractivity contribution is 7.13. The van der Waals surface area contributed by atoms with E-state index in [1.165, 1.54) is 12.1 Å². The van der Waals surface area contributed by atoms with Crippen LogP contribution in [0.25, 0.3) is 16.3 Å². The van der Waals surface area contributed by atoms with Crippen LogP contribution in [-0.2, 0) is 17.8 Å². The Hall–Kier alpha value is -3.25. The third-order valence-electron chi connectivity index (χ3n) is 4.64. The van der Waals surface area contributed by atoms with Crippen LogP contribution in [0.5, 0.6) is 0 Å². The predicted octanol–water partition coefficient (Wildman–Crippen LogP) is 4.94. The van der Waals surface area contributed by atoms with Gasteiger partial charge in [0.05, 0.1) is 17.0 Å². The summed E-state index contributed by atoms with van der Waals surface area (Å²) in [4.78, 5) is 15.4. The highest BCUT2D eigenvalue weighted by atomic mass is 32.1. The van der Waals surface area contributed by atoms with Crippen molar-refractivity contribution in [1.29, 1.82) is 0 Å². The number of thiophene rings is 1. The maximum atomic E-state index is 13.4. The number of benzene rings is 2. The first-order chi connectivity index (χ1) is 14.1. The second-order valence-electron chi connectivity index (χ2n) is 6.82.